The Bertz CT molecular complexity index is 1190. The Morgan fingerprint density at radius 3 is 2.11 bits per heavy atom. The highest BCUT2D eigenvalue weighted by atomic mass is 79.9. The number of nitrogens with one attached hydrogen (secondary N) is 2. The van der Waals surface area contributed by atoms with E-state index in [1.165, 1.54) is 24.3 Å². The van der Waals surface area contributed by atoms with Crippen molar-refractivity contribution in [2.45, 2.75) is 18.3 Å². The molecule has 36 heavy (non-hydrogen) atoms. The molecule has 0 amide bonds. The van der Waals surface area contributed by atoms with Gasteiger partial charge in [0.2, 0.25) is 0 Å². The third-order valence-electron chi connectivity index (χ3n) is 4.42. The third kappa shape index (κ3) is 8.88. The molecule has 0 heterocycles. The van der Waals surface area contributed by atoms with Gasteiger partial charge in [-0.15, -0.1) is 0 Å². The summed E-state index contributed by atoms with van der Waals surface area (Å²) in [5, 5.41) is 4.39. The molecule has 14 heteroatoms. The quantitative estimate of drug-likeness (QED) is 0.133. The van der Waals surface area contributed by atoms with E-state index in [1.807, 2.05) is 5.32 Å². The molecule has 0 fully saturated rings. The van der Waals surface area contributed by atoms with Gasteiger partial charge >= 0.3 is 12.4 Å². The minimum atomic E-state index is -4.64. The summed E-state index contributed by atoms with van der Waals surface area (Å²) in [6.45, 7) is 2.22. The van der Waals surface area contributed by atoms with Gasteiger partial charge in [-0.3, -0.25) is 0 Å². The Morgan fingerprint density at radius 1 is 1.03 bits per heavy atom. The fourth-order valence-corrected chi connectivity index (χ4v) is 4.50. The molecule has 0 saturated carbocycles. The van der Waals surface area contributed by atoms with Crippen molar-refractivity contribution in [1.82, 2.24) is 10.6 Å². The molecule has 0 saturated heterocycles. The second kappa shape index (κ2) is 12.4. The Balaban J connectivity index is 2.20. The Labute approximate surface area is 236 Å². The fourth-order valence-electron chi connectivity index (χ4n) is 2.74. The van der Waals surface area contributed by atoms with Crippen LogP contribution in [0.2, 0.25) is 15.1 Å². The lowest BCUT2D eigenvalue weighted by Gasteiger charge is -2.18. The van der Waals surface area contributed by atoms with Crippen LogP contribution >= 0.6 is 75.2 Å². The Morgan fingerprint density at radius 2 is 1.61 bits per heavy atom. The maximum absolute atomic E-state index is 13.7. The van der Waals surface area contributed by atoms with E-state index < -0.39 is 24.8 Å². The molecule has 2 rings (SSSR count). The number of allylic oxidation sites excluding steroid dienone is 1. The zero-order valence-electron chi connectivity index (χ0n) is 17.6. The van der Waals surface area contributed by atoms with Crippen LogP contribution in [0, 0.1) is 0 Å². The van der Waals surface area contributed by atoms with Crippen LogP contribution < -0.4 is 10.6 Å². The van der Waals surface area contributed by atoms with E-state index in [0.29, 0.717) is 15.6 Å². The zero-order chi connectivity index (χ0) is 27.4. The van der Waals surface area contributed by atoms with E-state index >= 15 is 0 Å². The second-order valence-corrected chi connectivity index (χ2v) is 10.0. The van der Waals surface area contributed by atoms with Crippen LogP contribution in [0.25, 0.3) is 6.08 Å². The predicted molar refractivity (Wildman–Crippen MR) is 144 cm³/mol. The summed E-state index contributed by atoms with van der Waals surface area (Å²) in [5.41, 5.74) is 0.567. The molecule has 2 aromatic rings. The maximum Gasteiger partial charge on any atom is 0.405 e. The standard InChI is InChI=1S/C22H14BrCl3F6N2S2/c1-10(19(35)33-9-21(27,28)29)34-20(36)13-4-2-11(6-15(13)23)3-5-14(22(30,31)32)12-7-16(24)18(26)17(25)8-12/h2-8,14H,1,9H2,(H,33,35)(H,34,36)/b5-3+. The van der Waals surface area contributed by atoms with Gasteiger partial charge in [0.25, 0.3) is 0 Å². The van der Waals surface area contributed by atoms with Crippen molar-refractivity contribution in [3.8, 4) is 0 Å². The molecule has 2 N–H and O–H groups in total. The van der Waals surface area contributed by atoms with E-state index in [9.17, 15) is 26.3 Å². The van der Waals surface area contributed by atoms with Crippen molar-refractivity contribution >= 4 is 91.2 Å². The first-order chi connectivity index (χ1) is 16.5. The topological polar surface area (TPSA) is 24.1 Å². The lowest BCUT2D eigenvalue weighted by molar-refractivity contribution is -0.139. The normalized spacial score (nSPS) is 12.9. The summed E-state index contributed by atoms with van der Waals surface area (Å²) in [7, 11) is 0. The third-order valence-corrected chi connectivity index (χ3v) is 6.99. The SMILES string of the molecule is C=C(NC(=S)c1ccc(/C=C/C(c2cc(Cl)c(Cl)c(Cl)c2)C(F)(F)F)cc1Br)C(=S)NCC(F)(F)F. The molecule has 0 radical (unpaired) electrons. The highest BCUT2D eigenvalue weighted by molar-refractivity contribution is 9.10. The minimum absolute atomic E-state index is 0.0457. The minimum Gasteiger partial charge on any atom is -0.366 e. The van der Waals surface area contributed by atoms with Gasteiger partial charge in [0.15, 0.2) is 0 Å². The van der Waals surface area contributed by atoms with Gasteiger partial charge in [-0.05, 0) is 29.3 Å². The Hall–Kier alpha value is -1.37. The molecule has 1 atom stereocenters. The second-order valence-electron chi connectivity index (χ2n) is 7.15. The molecule has 0 bridgehead atoms. The smallest absolute Gasteiger partial charge is 0.366 e. The van der Waals surface area contributed by atoms with Crippen molar-refractivity contribution < 1.29 is 26.3 Å². The summed E-state index contributed by atoms with van der Waals surface area (Å²) >= 11 is 31.0. The first-order valence-corrected chi connectivity index (χ1v) is 12.3. The maximum atomic E-state index is 13.7. The molecule has 2 aromatic carbocycles. The van der Waals surface area contributed by atoms with Gasteiger partial charge in [-0.1, -0.05) is 106 Å². The zero-order valence-corrected chi connectivity index (χ0v) is 23.1. The molecule has 0 aliphatic carbocycles. The monoisotopic (exact) mass is 668 g/mol. The van der Waals surface area contributed by atoms with Crippen LogP contribution in [-0.4, -0.2) is 28.9 Å². The van der Waals surface area contributed by atoms with Gasteiger partial charge < -0.3 is 10.6 Å². The largest absolute Gasteiger partial charge is 0.405 e. The van der Waals surface area contributed by atoms with Crippen LogP contribution in [0.15, 0.2) is 53.2 Å². The molecule has 0 spiro atoms. The molecular formula is C22H14BrCl3F6N2S2. The van der Waals surface area contributed by atoms with Gasteiger partial charge in [0.1, 0.15) is 16.5 Å². The number of benzene rings is 2. The molecular weight excluding hydrogens is 657 g/mol. The molecule has 0 aliphatic heterocycles. The van der Waals surface area contributed by atoms with Gasteiger partial charge in [0, 0.05) is 10.0 Å². The number of hydrogen-bond donors (Lipinski definition) is 2. The number of thiocarbonyl (C=S) groups is 2. The van der Waals surface area contributed by atoms with Gasteiger partial charge in [-0.25, -0.2) is 0 Å². The number of alkyl halides is 6. The van der Waals surface area contributed by atoms with Crippen molar-refractivity contribution in [2.24, 2.45) is 0 Å². The lowest BCUT2D eigenvalue weighted by Crippen LogP contribution is -2.37. The van der Waals surface area contributed by atoms with Crippen molar-refractivity contribution in [3.63, 3.8) is 0 Å². The summed E-state index contributed by atoms with van der Waals surface area (Å²) in [6, 6.07) is 6.72. The Kier molecular flexibility index (Phi) is 10.7. The van der Waals surface area contributed by atoms with Gasteiger partial charge in [0.05, 0.1) is 26.7 Å². The average molecular weight is 671 g/mol. The fraction of sp³-hybridized carbons (Fsp3) is 0.182. The highest BCUT2D eigenvalue weighted by Crippen LogP contribution is 2.41. The van der Waals surface area contributed by atoms with Crippen LogP contribution in [0.5, 0.6) is 0 Å². The van der Waals surface area contributed by atoms with E-state index in [2.05, 4.69) is 27.8 Å². The van der Waals surface area contributed by atoms with E-state index in [4.69, 9.17) is 59.2 Å². The first kappa shape index (κ1) is 30.9. The summed E-state index contributed by atoms with van der Waals surface area (Å²) < 4.78 is 78.6. The number of rotatable bonds is 7. The van der Waals surface area contributed by atoms with Crippen LogP contribution in [-0.2, 0) is 0 Å². The number of hydrogen-bond acceptors (Lipinski definition) is 2. The summed E-state index contributed by atoms with van der Waals surface area (Å²) in [4.78, 5) is -0.192. The van der Waals surface area contributed by atoms with Crippen molar-refractivity contribution in [2.75, 3.05) is 6.54 Å². The average Bonchev–Trinajstić information content (AvgIpc) is 2.74. The lowest BCUT2D eigenvalue weighted by atomic mass is 9.97. The van der Waals surface area contributed by atoms with Crippen molar-refractivity contribution in [3.05, 3.63) is 84.9 Å². The van der Waals surface area contributed by atoms with Crippen LogP contribution in [0.1, 0.15) is 22.6 Å². The summed E-state index contributed by atoms with van der Waals surface area (Å²) in [5.74, 6) is -2.01. The highest BCUT2D eigenvalue weighted by Gasteiger charge is 2.39. The van der Waals surface area contributed by atoms with Crippen molar-refractivity contribution in [1.29, 1.82) is 0 Å². The van der Waals surface area contributed by atoms with Crippen LogP contribution in [0.3, 0.4) is 0 Å². The van der Waals surface area contributed by atoms with Gasteiger partial charge in [-0.2, -0.15) is 26.3 Å². The summed E-state index contributed by atoms with van der Waals surface area (Å²) in [6.07, 6.45) is -6.90. The van der Waals surface area contributed by atoms with E-state index in [0.717, 1.165) is 18.2 Å². The molecule has 0 aliphatic rings. The van der Waals surface area contributed by atoms with E-state index in [-0.39, 0.29) is 36.3 Å². The molecule has 2 nitrogen and oxygen atoms in total. The first-order valence-electron chi connectivity index (χ1n) is 9.53. The predicted octanol–water partition coefficient (Wildman–Crippen LogP) is 9.03. The molecule has 194 valence electrons. The molecule has 0 aromatic heterocycles. The van der Waals surface area contributed by atoms with E-state index in [1.54, 1.807) is 0 Å². The number of halogens is 10. The van der Waals surface area contributed by atoms with Crippen LogP contribution in [0.4, 0.5) is 26.3 Å². The molecule has 1 unspecified atom stereocenters.